The first-order valence-corrected chi connectivity index (χ1v) is 4.54. The predicted molar refractivity (Wildman–Crippen MR) is 53.3 cm³/mol. The standard InChI is InChI=1S/C9H11FN4O/c1-13(4-5-15)9-12-11-8-3-2-7(10)6-14(8)9/h2-3,6,15H,4-5H2,1H3. The summed E-state index contributed by atoms with van der Waals surface area (Å²) in [5.74, 6) is 0.166. The Labute approximate surface area is 85.8 Å². The number of rotatable bonds is 3. The van der Waals surface area contributed by atoms with Crippen LogP contribution in [-0.4, -0.2) is 39.9 Å². The number of likely N-dealkylation sites (N-methyl/N-ethyl adjacent to an activating group) is 1. The highest BCUT2D eigenvalue weighted by molar-refractivity contribution is 5.45. The maximum Gasteiger partial charge on any atom is 0.231 e. The minimum Gasteiger partial charge on any atom is -0.395 e. The first-order chi connectivity index (χ1) is 7.22. The minimum atomic E-state index is -0.346. The summed E-state index contributed by atoms with van der Waals surface area (Å²) in [6.07, 6.45) is 1.32. The average molecular weight is 210 g/mol. The second-order valence-corrected chi connectivity index (χ2v) is 3.22. The van der Waals surface area contributed by atoms with Crippen LogP contribution in [0, 0.1) is 5.82 Å². The fourth-order valence-electron chi connectivity index (χ4n) is 1.36. The maximum absolute atomic E-state index is 13.0. The maximum atomic E-state index is 13.0. The van der Waals surface area contributed by atoms with E-state index in [0.29, 0.717) is 18.1 Å². The van der Waals surface area contributed by atoms with Gasteiger partial charge in [-0.1, -0.05) is 0 Å². The van der Waals surface area contributed by atoms with Crippen LogP contribution in [0.4, 0.5) is 10.3 Å². The lowest BCUT2D eigenvalue weighted by Gasteiger charge is -2.14. The van der Waals surface area contributed by atoms with Crippen LogP contribution in [0.1, 0.15) is 0 Å². The molecule has 2 aromatic heterocycles. The Morgan fingerprint density at radius 1 is 1.47 bits per heavy atom. The van der Waals surface area contributed by atoms with E-state index in [1.54, 1.807) is 22.4 Å². The molecule has 2 rings (SSSR count). The Morgan fingerprint density at radius 2 is 2.27 bits per heavy atom. The van der Waals surface area contributed by atoms with Crippen LogP contribution in [0.25, 0.3) is 5.65 Å². The van der Waals surface area contributed by atoms with E-state index < -0.39 is 0 Å². The van der Waals surface area contributed by atoms with E-state index in [-0.39, 0.29) is 12.4 Å². The van der Waals surface area contributed by atoms with Crippen molar-refractivity contribution in [2.75, 3.05) is 25.1 Å². The van der Waals surface area contributed by atoms with Gasteiger partial charge in [-0.2, -0.15) is 0 Å². The molecule has 1 N–H and O–H groups in total. The van der Waals surface area contributed by atoms with Crippen molar-refractivity contribution in [3.8, 4) is 0 Å². The highest BCUT2D eigenvalue weighted by Crippen LogP contribution is 2.12. The molecule has 0 radical (unpaired) electrons. The van der Waals surface area contributed by atoms with Crippen molar-refractivity contribution in [3.63, 3.8) is 0 Å². The third-order valence-electron chi connectivity index (χ3n) is 2.13. The molecule has 80 valence electrons. The van der Waals surface area contributed by atoms with E-state index >= 15 is 0 Å². The zero-order valence-electron chi connectivity index (χ0n) is 8.26. The smallest absolute Gasteiger partial charge is 0.231 e. The molecule has 0 fully saturated rings. The van der Waals surface area contributed by atoms with Gasteiger partial charge in [0.15, 0.2) is 5.65 Å². The summed E-state index contributed by atoms with van der Waals surface area (Å²) in [5, 5.41) is 16.6. The molecule has 2 heterocycles. The number of anilines is 1. The molecule has 0 spiro atoms. The normalized spacial score (nSPS) is 10.9. The lowest BCUT2D eigenvalue weighted by Crippen LogP contribution is -2.23. The van der Waals surface area contributed by atoms with Crippen LogP contribution >= 0.6 is 0 Å². The molecule has 0 amide bonds. The van der Waals surface area contributed by atoms with Crippen LogP contribution in [-0.2, 0) is 0 Å². The number of pyridine rings is 1. The average Bonchev–Trinajstić information content (AvgIpc) is 2.60. The molecule has 0 atom stereocenters. The van der Waals surface area contributed by atoms with Gasteiger partial charge in [0.05, 0.1) is 6.61 Å². The van der Waals surface area contributed by atoms with Gasteiger partial charge in [-0.25, -0.2) is 4.39 Å². The number of nitrogens with zero attached hydrogens (tertiary/aromatic N) is 4. The Bertz CT molecular complexity index is 470. The lowest BCUT2D eigenvalue weighted by atomic mass is 10.4. The van der Waals surface area contributed by atoms with Gasteiger partial charge in [0.2, 0.25) is 5.95 Å². The first kappa shape index (κ1) is 9.85. The molecule has 0 bridgehead atoms. The predicted octanol–water partition coefficient (Wildman–Crippen LogP) is 0.297. The highest BCUT2D eigenvalue weighted by atomic mass is 19.1. The summed E-state index contributed by atoms with van der Waals surface area (Å²) in [6, 6.07) is 2.89. The van der Waals surface area contributed by atoms with Crippen molar-refractivity contribution >= 4 is 11.6 Å². The zero-order chi connectivity index (χ0) is 10.8. The topological polar surface area (TPSA) is 53.7 Å². The molecular formula is C9H11FN4O. The van der Waals surface area contributed by atoms with Gasteiger partial charge in [0.1, 0.15) is 5.82 Å². The molecule has 0 aliphatic rings. The third kappa shape index (κ3) is 1.75. The summed E-state index contributed by atoms with van der Waals surface area (Å²) < 4.78 is 14.5. The molecule has 0 aliphatic heterocycles. The lowest BCUT2D eigenvalue weighted by molar-refractivity contribution is 0.303. The van der Waals surface area contributed by atoms with Crippen molar-refractivity contribution in [2.45, 2.75) is 0 Å². The van der Waals surface area contributed by atoms with Gasteiger partial charge in [-0.05, 0) is 12.1 Å². The monoisotopic (exact) mass is 210 g/mol. The Morgan fingerprint density at radius 3 is 3.00 bits per heavy atom. The number of aliphatic hydroxyl groups is 1. The largest absolute Gasteiger partial charge is 0.395 e. The van der Waals surface area contributed by atoms with Crippen LogP contribution in [0.3, 0.4) is 0 Å². The number of aliphatic hydroxyl groups excluding tert-OH is 1. The van der Waals surface area contributed by atoms with Crippen LogP contribution < -0.4 is 4.90 Å². The van der Waals surface area contributed by atoms with E-state index in [2.05, 4.69) is 10.2 Å². The summed E-state index contributed by atoms with van der Waals surface area (Å²) >= 11 is 0. The second-order valence-electron chi connectivity index (χ2n) is 3.22. The van der Waals surface area contributed by atoms with Gasteiger partial charge in [0.25, 0.3) is 0 Å². The van der Waals surface area contributed by atoms with Crippen LogP contribution in [0.15, 0.2) is 18.3 Å². The highest BCUT2D eigenvalue weighted by Gasteiger charge is 2.09. The number of hydrogen-bond donors (Lipinski definition) is 1. The van der Waals surface area contributed by atoms with Crippen LogP contribution in [0.5, 0.6) is 0 Å². The number of hydrogen-bond acceptors (Lipinski definition) is 4. The van der Waals surface area contributed by atoms with Crippen molar-refractivity contribution in [2.24, 2.45) is 0 Å². The molecule has 15 heavy (non-hydrogen) atoms. The molecule has 0 saturated heterocycles. The van der Waals surface area contributed by atoms with Gasteiger partial charge < -0.3 is 10.0 Å². The molecule has 0 unspecified atom stereocenters. The van der Waals surface area contributed by atoms with E-state index in [1.807, 2.05) is 0 Å². The summed E-state index contributed by atoms with van der Waals surface area (Å²) in [6.45, 7) is 0.442. The van der Waals surface area contributed by atoms with E-state index in [4.69, 9.17) is 5.11 Å². The molecule has 5 nitrogen and oxygen atoms in total. The van der Waals surface area contributed by atoms with E-state index in [1.165, 1.54) is 12.3 Å². The summed E-state index contributed by atoms with van der Waals surface area (Å²) in [5.41, 5.74) is 0.580. The van der Waals surface area contributed by atoms with Gasteiger partial charge in [0, 0.05) is 19.8 Å². The zero-order valence-corrected chi connectivity index (χ0v) is 8.26. The van der Waals surface area contributed by atoms with E-state index in [9.17, 15) is 4.39 Å². The third-order valence-corrected chi connectivity index (χ3v) is 2.13. The number of fused-ring (bicyclic) bond motifs is 1. The van der Waals surface area contributed by atoms with Crippen LogP contribution in [0.2, 0.25) is 0 Å². The quantitative estimate of drug-likeness (QED) is 0.791. The summed E-state index contributed by atoms with van der Waals surface area (Å²) in [4.78, 5) is 1.71. The fraction of sp³-hybridized carbons (Fsp3) is 0.333. The molecule has 0 aromatic carbocycles. The molecule has 0 saturated carbocycles. The minimum absolute atomic E-state index is 0.0146. The van der Waals surface area contributed by atoms with Gasteiger partial charge >= 0.3 is 0 Å². The molecular weight excluding hydrogens is 199 g/mol. The Balaban J connectivity index is 2.47. The van der Waals surface area contributed by atoms with Crippen molar-refractivity contribution in [1.29, 1.82) is 0 Å². The number of aromatic nitrogens is 3. The van der Waals surface area contributed by atoms with Crippen molar-refractivity contribution < 1.29 is 9.50 Å². The molecule has 2 aromatic rings. The molecule has 0 aliphatic carbocycles. The van der Waals surface area contributed by atoms with Crippen molar-refractivity contribution in [3.05, 3.63) is 24.1 Å². The van der Waals surface area contributed by atoms with Gasteiger partial charge in [-0.3, -0.25) is 4.40 Å². The first-order valence-electron chi connectivity index (χ1n) is 4.54. The fourth-order valence-corrected chi connectivity index (χ4v) is 1.36. The van der Waals surface area contributed by atoms with E-state index in [0.717, 1.165) is 0 Å². The second kappa shape index (κ2) is 3.82. The van der Waals surface area contributed by atoms with Gasteiger partial charge in [-0.15, -0.1) is 10.2 Å². The Hall–Kier alpha value is -1.69. The summed E-state index contributed by atoms with van der Waals surface area (Å²) in [7, 11) is 1.76. The molecule has 6 heteroatoms. The Kier molecular flexibility index (Phi) is 2.51. The number of halogens is 1. The van der Waals surface area contributed by atoms with Crippen molar-refractivity contribution in [1.82, 2.24) is 14.6 Å². The SMILES string of the molecule is CN(CCO)c1nnc2ccc(F)cn12.